The van der Waals surface area contributed by atoms with E-state index in [1.165, 1.54) is 42.6 Å². The minimum atomic E-state index is -0.572. The van der Waals surface area contributed by atoms with Crippen molar-refractivity contribution in [2.75, 3.05) is 0 Å². The SMILES string of the molecule is O=C(N/N=C\c1ccc(OCc2ccc(F)cc2)c(Br)c1)c1cccc([N+](=O)[O-])c1. The summed E-state index contributed by atoms with van der Waals surface area (Å²) < 4.78 is 19.3. The number of nitrogens with zero attached hydrogens (tertiary/aromatic N) is 2. The van der Waals surface area contributed by atoms with Crippen LogP contribution in [0.25, 0.3) is 0 Å². The van der Waals surface area contributed by atoms with Gasteiger partial charge in [0, 0.05) is 17.7 Å². The van der Waals surface area contributed by atoms with E-state index in [0.29, 0.717) is 15.8 Å². The van der Waals surface area contributed by atoms with E-state index in [0.717, 1.165) is 5.56 Å². The van der Waals surface area contributed by atoms with Gasteiger partial charge in [0.05, 0.1) is 15.6 Å². The van der Waals surface area contributed by atoms with Gasteiger partial charge in [-0.15, -0.1) is 0 Å². The van der Waals surface area contributed by atoms with Crippen LogP contribution in [0.15, 0.2) is 76.3 Å². The zero-order valence-corrected chi connectivity index (χ0v) is 17.0. The quantitative estimate of drug-likeness (QED) is 0.303. The summed E-state index contributed by atoms with van der Waals surface area (Å²) in [5, 5.41) is 14.7. The number of rotatable bonds is 7. The predicted octanol–water partition coefficient (Wildman–Crippen LogP) is 4.84. The Balaban J connectivity index is 1.59. The standard InChI is InChI=1S/C21H15BrFN3O4/c22-19-10-15(6-9-20(19)30-13-14-4-7-17(23)8-5-14)12-24-25-21(27)16-2-1-3-18(11-16)26(28)29/h1-12H,13H2,(H,25,27)/b24-12-. The molecule has 30 heavy (non-hydrogen) atoms. The summed E-state index contributed by atoms with van der Waals surface area (Å²) in [6.45, 7) is 0.283. The molecule has 0 spiro atoms. The number of non-ortho nitro benzene ring substituents is 1. The molecule has 3 aromatic carbocycles. The maximum Gasteiger partial charge on any atom is 0.271 e. The van der Waals surface area contributed by atoms with E-state index in [1.54, 1.807) is 30.3 Å². The molecule has 152 valence electrons. The Kier molecular flexibility index (Phi) is 6.87. The number of benzene rings is 3. The van der Waals surface area contributed by atoms with Gasteiger partial charge in [0.2, 0.25) is 0 Å². The molecule has 0 atom stereocenters. The van der Waals surface area contributed by atoms with Gasteiger partial charge in [-0.25, -0.2) is 9.82 Å². The second kappa shape index (κ2) is 9.75. The lowest BCUT2D eigenvalue weighted by molar-refractivity contribution is -0.384. The van der Waals surface area contributed by atoms with E-state index < -0.39 is 10.8 Å². The lowest BCUT2D eigenvalue weighted by Crippen LogP contribution is -2.17. The first-order valence-corrected chi connectivity index (χ1v) is 9.46. The van der Waals surface area contributed by atoms with Crippen LogP contribution in [0, 0.1) is 15.9 Å². The molecule has 0 saturated carbocycles. The first-order chi connectivity index (χ1) is 14.4. The van der Waals surface area contributed by atoms with Crippen LogP contribution in [0.4, 0.5) is 10.1 Å². The summed E-state index contributed by atoms with van der Waals surface area (Å²) in [6, 6.07) is 16.6. The molecular weight excluding hydrogens is 457 g/mol. The maximum absolute atomic E-state index is 12.9. The van der Waals surface area contributed by atoms with Gasteiger partial charge in [-0.05, 0) is 63.5 Å². The third-order valence-corrected chi connectivity index (χ3v) is 4.58. The minimum Gasteiger partial charge on any atom is -0.488 e. The van der Waals surface area contributed by atoms with Crippen molar-refractivity contribution in [2.24, 2.45) is 5.10 Å². The van der Waals surface area contributed by atoms with E-state index >= 15 is 0 Å². The second-order valence-corrected chi connectivity index (χ2v) is 6.97. The van der Waals surface area contributed by atoms with E-state index in [4.69, 9.17) is 4.74 Å². The molecule has 0 unspecified atom stereocenters. The van der Waals surface area contributed by atoms with Crippen molar-refractivity contribution in [2.45, 2.75) is 6.61 Å². The van der Waals surface area contributed by atoms with Gasteiger partial charge in [0.1, 0.15) is 18.2 Å². The molecule has 0 aliphatic rings. The fourth-order valence-electron chi connectivity index (χ4n) is 2.45. The van der Waals surface area contributed by atoms with Crippen molar-refractivity contribution in [3.8, 4) is 5.75 Å². The number of nitro benzene ring substituents is 1. The monoisotopic (exact) mass is 471 g/mol. The summed E-state index contributed by atoms with van der Waals surface area (Å²) in [5.74, 6) is -0.272. The zero-order valence-electron chi connectivity index (χ0n) is 15.4. The molecule has 0 fully saturated rings. The molecule has 0 bridgehead atoms. The van der Waals surface area contributed by atoms with Gasteiger partial charge in [0.15, 0.2) is 0 Å². The Hall–Kier alpha value is -3.59. The lowest BCUT2D eigenvalue weighted by atomic mass is 10.2. The highest BCUT2D eigenvalue weighted by Gasteiger charge is 2.10. The van der Waals surface area contributed by atoms with Crippen LogP contribution in [0.3, 0.4) is 0 Å². The molecule has 9 heteroatoms. The van der Waals surface area contributed by atoms with E-state index in [-0.39, 0.29) is 23.7 Å². The number of halogens is 2. The van der Waals surface area contributed by atoms with Crippen LogP contribution in [0.1, 0.15) is 21.5 Å². The summed E-state index contributed by atoms with van der Waals surface area (Å²) in [6.07, 6.45) is 1.43. The molecule has 0 aromatic heterocycles. The summed E-state index contributed by atoms with van der Waals surface area (Å²) >= 11 is 3.41. The number of hydrogen-bond acceptors (Lipinski definition) is 5. The number of nitrogens with one attached hydrogen (secondary N) is 1. The highest BCUT2D eigenvalue weighted by atomic mass is 79.9. The van der Waals surface area contributed by atoms with Crippen LogP contribution in [-0.4, -0.2) is 17.0 Å². The molecule has 1 N–H and O–H groups in total. The largest absolute Gasteiger partial charge is 0.488 e. The predicted molar refractivity (Wildman–Crippen MR) is 113 cm³/mol. The van der Waals surface area contributed by atoms with Crippen molar-refractivity contribution < 1.29 is 18.8 Å². The van der Waals surface area contributed by atoms with Crippen LogP contribution >= 0.6 is 15.9 Å². The number of nitro groups is 1. The summed E-state index contributed by atoms with van der Waals surface area (Å²) in [7, 11) is 0. The van der Waals surface area contributed by atoms with Gasteiger partial charge in [-0.1, -0.05) is 18.2 Å². The zero-order chi connectivity index (χ0) is 21.5. The molecule has 0 radical (unpaired) electrons. The van der Waals surface area contributed by atoms with Crippen LogP contribution in [0.5, 0.6) is 5.75 Å². The van der Waals surface area contributed by atoms with E-state index in [1.807, 2.05) is 0 Å². The number of amides is 1. The molecule has 1 amide bonds. The van der Waals surface area contributed by atoms with E-state index in [2.05, 4.69) is 26.5 Å². The highest BCUT2D eigenvalue weighted by Crippen LogP contribution is 2.26. The van der Waals surface area contributed by atoms with Crippen molar-refractivity contribution >= 4 is 33.7 Å². The van der Waals surface area contributed by atoms with Gasteiger partial charge >= 0.3 is 0 Å². The van der Waals surface area contributed by atoms with Crippen molar-refractivity contribution in [1.82, 2.24) is 5.43 Å². The third-order valence-electron chi connectivity index (χ3n) is 3.96. The Morgan fingerprint density at radius 2 is 1.93 bits per heavy atom. The Morgan fingerprint density at radius 1 is 1.17 bits per heavy atom. The molecule has 3 rings (SSSR count). The molecule has 3 aromatic rings. The van der Waals surface area contributed by atoms with Gasteiger partial charge in [-0.3, -0.25) is 14.9 Å². The smallest absolute Gasteiger partial charge is 0.271 e. The van der Waals surface area contributed by atoms with Crippen LogP contribution in [-0.2, 0) is 6.61 Å². The lowest BCUT2D eigenvalue weighted by Gasteiger charge is -2.09. The van der Waals surface area contributed by atoms with Crippen LogP contribution < -0.4 is 10.2 Å². The average Bonchev–Trinajstić information content (AvgIpc) is 2.74. The molecule has 0 aliphatic heterocycles. The number of carbonyl (C=O) groups excluding carboxylic acids is 1. The number of ether oxygens (including phenoxy) is 1. The van der Waals surface area contributed by atoms with E-state index in [9.17, 15) is 19.3 Å². The molecule has 0 saturated heterocycles. The van der Waals surface area contributed by atoms with Crippen LogP contribution in [0.2, 0.25) is 0 Å². The number of carbonyl (C=O) groups is 1. The Labute approximate surface area is 179 Å². The van der Waals surface area contributed by atoms with Gasteiger partial charge < -0.3 is 4.74 Å². The topological polar surface area (TPSA) is 93.8 Å². The second-order valence-electron chi connectivity index (χ2n) is 6.11. The maximum atomic E-state index is 12.9. The van der Waals surface area contributed by atoms with Gasteiger partial charge in [-0.2, -0.15) is 5.10 Å². The fraction of sp³-hybridized carbons (Fsp3) is 0.0476. The molecule has 7 nitrogen and oxygen atoms in total. The number of hydrazone groups is 1. The number of hydrogen-bond donors (Lipinski definition) is 1. The fourth-order valence-corrected chi connectivity index (χ4v) is 2.96. The summed E-state index contributed by atoms with van der Waals surface area (Å²) in [5.41, 5.74) is 3.81. The molecule has 0 aliphatic carbocycles. The molecule has 0 heterocycles. The van der Waals surface area contributed by atoms with Crippen molar-refractivity contribution in [3.63, 3.8) is 0 Å². The average molecular weight is 472 g/mol. The normalized spacial score (nSPS) is 10.7. The Bertz CT molecular complexity index is 1100. The first kappa shape index (κ1) is 21.1. The first-order valence-electron chi connectivity index (χ1n) is 8.67. The Morgan fingerprint density at radius 3 is 2.63 bits per heavy atom. The molecular formula is C21H15BrFN3O4. The van der Waals surface area contributed by atoms with Crippen molar-refractivity contribution in [1.29, 1.82) is 0 Å². The minimum absolute atomic E-state index is 0.132. The van der Waals surface area contributed by atoms with Crippen molar-refractivity contribution in [3.05, 3.63) is 104 Å². The third kappa shape index (κ3) is 5.71. The van der Waals surface area contributed by atoms with Gasteiger partial charge in [0.25, 0.3) is 11.6 Å². The highest BCUT2D eigenvalue weighted by molar-refractivity contribution is 9.10. The summed E-state index contributed by atoms with van der Waals surface area (Å²) in [4.78, 5) is 22.3.